The van der Waals surface area contributed by atoms with Crippen LogP contribution in [-0.2, 0) is 12.7 Å². The number of nitrogens with one attached hydrogen (secondary N) is 3. The van der Waals surface area contributed by atoms with E-state index in [4.69, 9.17) is 0 Å². The van der Waals surface area contributed by atoms with Crippen molar-refractivity contribution >= 4 is 17.5 Å². The Morgan fingerprint density at radius 3 is 2.02 bits per heavy atom. The van der Waals surface area contributed by atoms with Gasteiger partial charge in [-0.1, -0.05) is 84.4 Å². The van der Waals surface area contributed by atoms with Crippen LogP contribution in [-0.4, -0.2) is 16.8 Å². The molecule has 0 aliphatic rings. The second-order valence-corrected chi connectivity index (χ2v) is 9.62. The minimum Gasteiger partial charge on any atom is -0.355 e. The zero-order valence-electron chi connectivity index (χ0n) is 22.0. The van der Waals surface area contributed by atoms with Gasteiger partial charge in [-0.15, -0.1) is 0 Å². The molecule has 206 valence electrons. The summed E-state index contributed by atoms with van der Waals surface area (Å²) in [5, 5.41) is 5.61. The number of amides is 2. The first-order valence-corrected chi connectivity index (χ1v) is 12.9. The van der Waals surface area contributed by atoms with Crippen LogP contribution >= 0.6 is 0 Å². The fourth-order valence-corrected chi connectivity index (χ4v) is 4.41. The van der Waals surface area contributed by atoms with Crippen molar-refractivity contribution in [3.8, 4) is 22.3 Å². The maximum atomic E-state index is 13.1. The molecule has 0 spiro atoms. The van der Waals surface area contributed by atoms with Gasteiger partial charge in [0.15, 0.2) is 0 Å². The number of hydrogen-bond acceptors (Lipinski definition) is 2. The summed E-state index contributed by atoms with van der Waals surface area (Å²) in [7, 11) is 0. The van der Waals surface area contributed by atoms with Crippen LogP contribution in [0.1, 0.15) is 37.5 Å². The van der Waals surface area contributed by atoms with Crippen LogP contribution in [0, 0.1) is 6.92 Å². The highest BCUT2D eigenvalue weighted by atomic mass is 19.4. The van der Waals surface area contributed by atoms with E-state index in [9.17, 15) is 22.8 Å². The first-order valence-electron chi connectivity index (χ1n) is 12.9. The predicted molar refractivity (Wildman–Crippen MR) is 153 cm³/mol. The third-order valence-corrected chi connectivity index (χ3v) is 6.67. The molecule has 5 rings (SSSR count). The minimum atomic E-state index is -4.44. The van der Waals surface area contributed by atoms with E-state index in [0.717, 1.165) is 28.8 Å². The molecule has 0 fully saturated rings. The van der Waals surface area contributed by atoms with E-state index < -0.39 is 17.6 Å². The van der Waals surface area contributed by atoms with Crippen molar-refractivity contribution in [2.75, 3.05) is 5.32 Å². The molecule has 3 N–H and O–H groups in total. The lowest BCUT2D eigenvalue weighted by atomic mass is 9.98. The quantitative estimate of drug-likeness (QED) is 0.192. The van der Waals surface area contributed by atoms with Gasteiger partial charge in [0, 0.05) is 18.3 Å². The summed E-state index contributed by atoms with van der Waals surface area (Å²) in [6.45, 7) is 2.37. The van der Waals surface area contributed by atoms with E-state index in [1.54, 1.807) is 24.3 Å². The molecule has 0 atom stereocenters. The number of aryl methyl sites for hydroxylation is 1. The van der Waals surface area contributed by atoms with E-state index in [-0.39, 0.29) is 17.2 Å². The topological polar surface area (TPSA) is 74.0 Å². The first kappa shape index (κ1) is 27.5. The van der Waals surface area contributed by atoms with Gasteiger partial charge in [0.1, 0.15) is 5.69 Å². The molecule has 0 aliphatic heterocycles. The van der Waals surface area contributed by atoms with E-state index in [0.29, 0.717) is 23.4 Å². The monoisotopic (exact) mass is 553 g/mol. The standard InChI is InChI=1S/C33H26F3N3O2/c1-21-6-10-23(11-7-21)24-12-8-22(9-13-24)19-38-32(41)30-18-27(20-37-30)39-31(40)29-5-3-2-4-28(29)25-14-16-26(17-15-25)33(34,35)36/h2-18,20,37H,19H2,1H3,(H,38,41)(H,39,40). The van der Waals surface area contributed by atoms with Crippen molar-refractivity contribution < 1.29 is 22.8 Å². The third kappa shape index (κ3) is 6.55. The zero-order valence-corrected chi connectivity index (χ0v) is 22.0. The summed E-state index contributed by atoms with van der Waals surface area (Å²) in [6.07, 6.45) is -2.94. The Balaban J connectivity index is 1.21. The van der Waals surface area contributed by atoms with Crippen molar-refractivity contribution in [1.82, 2.24) is 10.3 Å². The maximum Gasteiger partial charge on any atom is 0.416 e. The first-order chi connectivity index (χ1) is 19.7. The van der Waals surface area contributed by atoms with Crippen molar-refractivity contribution in [3.05, 3.63) is 137 Å². The fraction of sp³-hybridized carbons (Fsp3) is 0.0909. The van der Waals surface area contributed by atoms with Crippen LogP contribution in [0.2, 0.25) is 0 Å². The van der Waals surface area contributed by atoms with Crippen LogP contribution in [0.3, 0.4) is 0 Å². The number of anilines is 1. The molecule has 4 aromatic carbocycles. The van der Waals surface area contributed by atoms with Gasteiger partial charge in [-0.05, 0) is 59.0 Å². The van der Waals surface area contributed by atoms with Crippen molar-refractivity contribution in [2.45, 2.75) is 19.6 Å². The number of carbonyl (C=O) groups excluding carboxylic acids is 2. The molecule has 1 heterocycles. The lowest BCUT2D eigenvalue weighted by Gasteiger charge is -2.11. The van der Waals surface area contributed by atoms with Crippen molar-refractivity contribution in [3.63, 3.8) is 0 Å². The Morgan fingerprint density at radius 2 is 1.37 bits per heavy atom. The summed E-state index contributed by atoms with van der Waals surface area (Å²) in [5.74, 6) is -0.793. The molecule has 8 heteroatoms. The summed E-state index contributed by atoms with van der Waals surface area (Å²) in [4.78, 5) is 28.6. The molecule has 0 saturated heterocycles. The van der Waals surface area contributed by atoms with Gasteiger partial charge in [0.25, 0.3) is 11.8 Å². The Kier molecular flexibility index (Phi) is 7.74. The Morgan fingerprint density at radius 1 is 0.756 bits per heavy atom. The van der Waals surface area contributed by atoms with Gasteiger partial charge in [-0.2, -0.15) is 13.2 Å². The number of aromatic amines is 1. The second kappa shape index (κ2) is 11.6. The average molecular weight is 554 g/mol. The van der Waals surface area contributed by atoms with Crippen LogP contribution < -0.4 is 10.6 Å². The third-order valence-electron chi connectivity index (χ3n) is 6.67. The molecule has 2 amide bonds. The number of halogens is 3. The maximum absolute atomic E-state index is 13.1. The molecule has 1 aromatic heterocycles. The van der Waals surface area contributed by atoms with Crippen LogP contribution in [0.15, 0.2) is 109 Å². The van der Waals surface area contributed by atoms with Gasteiger partial charge in [-0.25, -0.2) is 0 Å². The van der Waals surface area contributed by atoms with Crippen LogP contribution in [0.5, 0.6) is 0 Å². The summed E-state index contributed by atoms with van der Waals surface area (Å²) < 4.78 is 38.9. The van der Waals surface area contributed by atoms with Gasteiger partial charge < -0.3 is 15.6 Å². The number of H-pyrrole nitrogens is 1. The molecule has 0 bridgehead atoms. The molecule has 0 radical (unpaired) electrons. The smallest absolute Gasteiger partial charge is 0.355 e. The SMILES string of the molecule is Cc1ccc(-c2ccc(CNC(=O)c3cc(NC(=O)c4ccccc4-c4ccc(C(F)(F)F)cc4)c[nH]3)cc2)cc1. The highest BCUT2D eigenvalue weighted by Gasteiger charge is 2.30. The molecule has 41 heavy (non-hydrogen) atoms. The number of benzene rings is 4. The van der Waals surface area contributed by atoms with E-state index >= 15 is 0 Å². The number of hydrogen-bond donors (Lipinski definition) is 3. The highest BCUT2D eigenvalue weighted by Crippen LogP contribution is 2.32. The molecular weight excluding hydrogens is 527 g/mol. The largest absolute Gasteiger partial charge is 0.416 e. The summed E-state index contributed by atoms with van der Waals surface area (Å²) in [6, 6.07) is 29.0. The Hall–Kier alpha value is -5.11. The van der Waals surface area contributed by atoms with E-state index in [1.165, 1.54) is 30.0 Å². The van der Waals surface area contributed by atoms with Gasteiger partial charge in [0.05, 0.1) is 11.3 Å². The minimum absolute atomic E-state index is 0.271. The predicted octanol–water partition coefficient (Wildman–Crippen LogP) is 7.86. The summed E-state index contributed by atoms with van der Waals surface area (Å²) in [5.41, 5.74) is 5.48. The fourth-order valence-electron chi connectivity index (χ4n) is 4.41. The number of carbonyl (C=O) groups is 2. The number of aromatic nitrogens is 1. The Labute approximate surface area is 235 Å². The molecule has 0 unspecified atom stereocenters. The van der Waals surface area contributed by atoms with Crippen LogP contribution in [0.25, 0.3) is 22.3 Å². The number of alkyl halides is 3. The lowest BCUT2D eigenvalue weighted by Crippen LogP contribution is -2.23. The normalized spacial score (nSPS) is 11.2. The molecule has 5 aromatic rings. The molecule has 5 nitrogen and oxygen atoms in total. The molecule has 0 aliphatic carbocycles. The lowest BCUT2D eigenvalue weighted by molar-refractivity contribution is -0.137. The van der Waals surface area contributed by atoms with Crippen LogP contribution in [0.4, 0.5) is 18.9 Å². The van der Waals surface area contributed by atoms with E-state index in [2.05, 4.69) is 39.9 Å². The van der Waals surface area contributed by atoms with E-state index in [1.807, 2.05) is 31.2 Å². The zero-order chi connectivity index (χ0) is 29.0. The summed E-state index contributed by atoms with van der Waals surface area (Å²) >= 11 is 0. The Bertz CT molecular complexity index is 1670. The van der Waals surface area contributed by atoms with Gasteiger partial charge >= 0.3 is 6.18 Å². The van der Waals surface area contributed by atoms with Crippen molar-refractivity contribution in [1.29, 1.82) is 0 Å². The number of rotatable bonds is 7. The average Bonchev–Trinajstić information content (AvgIpc) is 3.45. The second-order valence-electron chi connectivity index (χ2n) is 9.62. The van der Waals surface area contributed by atoms with Gasteiger partial charge in [-0.3, -0.25) is 9.59 Å². The highest BCUT2D eigenvalue weighted by molar-refractivity contribution is 6.09. The molecule has 0 saturated carbocycles. The van der Waals surface area contributed by atoms with Gasteiger partial charge in [0.2, 0.25) is 0 Å². The molecular formula is C33H26F3N3O2. The van der Waals surface area contributed by atoms with Crippen molar-refractivity contribution in [2.24, 2.45) is 0 Å².